The summed E-state index contributed by atoms with van der Waals surface area (Å²) in [4.78, 5) is 20.3. The molecule has 1 amide bonds. The van der Waals surface area contributed by atoms with Crippen LogP contribution in [0.25, 0.3) is 11.4 Å². The Morgan fingerprint density at radius 3 is 3.03 bits per heavy atom. The molecule has 1 saturated heterocycles. The molecule has 154 valence electrons. The fourth-order valence-corrected chi connectivity index (χ4v) is 5.81. The lowest BCUT2D eigenvalue weighted by Gasteiger charge is -2.28. The molecule has 0 bridgehead atoms. The number of hydrogen-bond donors (Lipinski definition) is 1. The number of aromatic amines is 1. The van der Waals surface area contributed by atoms with Crippen molar-refractivity contribution in [2.75, 3.05) is 13.1 Å². The van der Waals surface area contributed by atoms with Crippen molar-refractivity contribution in [3.8, 4) is 11.4 Å². The van der Waals surface area contributed by atoms with Crippen molar-refractivity contribution < 1.29 is 9.32 Å². The summed E-state index contributed by atoms with van der Waals surface area (Å²) >= 11 is 0. The largest absolute Gasteiger partial charge is 0.341 e. The molecule has 3 atom stereocenters. The van der Waals surface area contributed by atoms with Crippen LogP contribution in [0.2, 0.25) is 0 Å². The van der Waals surface area contributed by atoms with Crippen LogP contribution in [-0.4, -0.2) is 44.2 Å². The highest BCUT2D eigenvalue weighted by molar-refractivity contribution is 5.80. The molecule has 6 rings (SSSR count). The number of hydrogen-bond acceptors (Lipinski definition) is 5. The fraction of sp³-hybridized carbons (Fsp3) is 0.478. The third kappa shape index (κ3) is 2.71. The normalized spacial score (nSPS) is 27.8. The number of amides is 1. The van der Waals surface area contributed by atoms with Crippen LogP contribution in [0.15, 0.2) is 41.1 Å². The predicted octanol–water partition coefficient (Wildman–Crippen LogP) is 3.14. The Hall–Kier alpha value is -2.96. The first-order valence-electron chi connectivity index (χ1n) is 10.9. The van der Waals surface area contributed by atoms with Crippen molar-refractivity contribution in [1.29, 1.82) is 0 Å². The number of benzene rings is 1. The molecule has 3 aliphatic rings. The standard InChI is InChI=1S/C23H25N5O2/c29-21(16-8-9-17-12-24-26-19(17)11-16)28-13-18-7-4-10-23(18,14-28)22-25-20(27-30-22)15-5-2-1-3-6-15/h1-3,5-6,12,16,18H,4,7-11,13-14H2,(H,24,26)/t16?,18-,23-/m1/s1. The highest BCUT2D eigenvalue weighted by atomic mass is 16.5. The number of H-pyrrole nitrogens is 1. The molecule has 3 heterocycles. The average molecular weight is 403 g/mol. The third-order valence-electron chi connectivity index (χ3n) is 7.44. The maximum absolute atomic E-state index is 13.4. The van der Waals surface area contributed by atoms with Gasteiger partial charge in [-0.1, -0.05) is 41.9 Å². The van der Waals surface area contributed by atoms with Gasteiger partial charge < -0.3 is 9.42 Å². The molecule has 1 N–H and O–H groups in total. The molecule has 1 unspecified atom stereocenters. The van der Waals surface area contributed by atoms with E-state index in [0.29, 0.717) is 24.2 Å². The van der Waals surface area contributed by atoms with Crippen LogP contribution in [0.3, 0.4) is 0 Å². The Kier molecular flexibility index (Phi) is 4.04. The van der Waals surface area contributed by atoms with Crippen molar-refractivity contribution >= 4 is 5.91 Å². The molecule has 30 heavy (non-hydrogen) atoms. The Morgan fingerprint density at radius 2 is 2.13 bits per heavy atom. The van der Waals surface area contributed by atoms with Crippen LogP contribution < -0.4 is 0 Å². The van der Waals surface area contributed by atoms with E-state index in [4.69, 9.17) is 9.51 Å². The van der Waals surface area contributed by atoms with Gasteiger partial charge in [-0.2, -0.15) is 10.1 Å². The maximum atomic E-state index is 13.4. The molecule has 1 aliphatic heterocycles. The van der Waals surface area contributed by atoms with Crippen LogP contribution in [-0.2, 0) is 23.1 Å². The Balaban J connectivity index is 1.24. The van der Waals surface area contributed by atoms with Gasteiger partial charge >= 0.3 is 0 Å². The van der Waals surface area contributed by atoms with E-state index >= 15 is 0 Å². The summed E-state index contributed by atoms with van der Waals surface area (Å²) in [7, 11) is 0. The first kappa shape index (κ1) is 17.9. The van der Waals surface area contributed by atoms with Gasteiger partial charge in [0.1, 0.15) is 0 Å². The zero-order valence-electron chi connectivity index (χ0n) is 16.9. The van der Waals surface area contributed by atoms with Crippen LogP contribution >= 0.6 is 0 Å². The van der Waals surface area contributed by atoms with E-state index in [0.717, 1.165) is 56.3 Å². The van der Waals surface area contributed by atoms with Crippen molar-refractivity contribution in [2.24, 2.45) is 11.8 Å². The molecule has 0 radical (unpaired) electrons. The van der Waals surface area contributed by atoms with E-state index in [1.54, 1.807) is 0 Å². The number of rotatable bonds is 3. The van der Waals surface area contributed by atoms with Crippen LogP contribution in [0.5, 0.6) is 0 Å². The quantitative estimate of drug-likeness (QED) is 0.726. The third-order valence-corrected chi connectivity index (χ3v) is 7.44. The van der Waals surface area contributed by atoms with Gasteiger partial charge in [-0.25, -0.2) is 0 Å². The molecule has 2 fully saturated rings. The number of aromatic nitrogens is 4. The second-order valence-electron chi connectivity index (χ2n) is 9.07. The highest BCUT2D eigenvalue weighted by Gasteiger charge is 2.55. The van der Waals surface area contributed by atoms with Gasteiger partial charge in [-0.15, -0.1) is 0 Å². The summed E-state index contributed by atoms with van der Waals surface area (Å²) in [5, 5.41) is 11.5. The molecule has 1 aromatic carbocycles. The monoisotopic (exact) mass is 403 g/mol. The van der Waals surface area contributed by atoms with Crippen molar-refractivity contribution in [2.45, 2.75) is 43.9 Å². The minimum Gasteiger partial charge on any atom is -0.341 e. The number of nitrogens with zero attached hydrogens (tertiary/aromatic N) is 4. The fourth-order valence-electron chi connectivity index (χ4n) is 5.81. The molecule has 0 spiro atoms. The van der Waals surface area contributed by atoms with E-state index in [1.165, 1.54) is 5.56 Å². The summed E-state index contributed by atoms with van der Waals surface area (Å²) in [5.74, 6) is 2.05. The number of likely N-dealkylation sites (tertiary alicyclic amines) is 1. The van der Waals surface area contributed by atoms with Gasteiger partial charge in [0.05, 0.1) is 11.6 Å². The summed E-state index contributed by atoms with van der Waals surface area (Å²) in [6.45, 7) is 1.49. The first-order valence-corrected chi connectivity index (χ1v) is 10.9. The van der Waals surface area contributed by atoms with E-state index in [-0.39, 0.29) is 17.2 Å². The van der Waals surface area contributed by atoms with Gasteiger partial charge in [-0.05, 0) is 37.2 Å². The van der Waals surface area contributed by atoms with Crippen molar-refractivity contribution in [1.82, 2.24) is 25.2 Å². The first-order chi connectivity index (χ1) is 14.7. The van der Waals surface area contributed by atoms with Gasteiger partial charge in [-0.3, -0.25) is 9.89 Å². The molecular weight excluding hydrogens is 378 g/mol. The van der Waals surface area contributed by atoms with E-state index in [9.17, 15) is 4.79 Å². The number of carbonyl (C=O) groups is 1. The Labute approximate surface area is 174 Å². The summed E-state index contributed by atoms with van der Waals surface area (Å²) in [5.41, 5.74) is 3.15. The molecule has 1 saturated carbocycles. The molecular formula is C23H25N5O2. The molecule has 2 aromatic heterocycles. The number of nitrogens with one attached hydrogen (secondary N) is 1. The van der Waals surface area contributed by atoms with E-state index in [1.807, 2.05) is 36.5 Å². The minimum atomic E-state index is -0.191. The molecule has 7 heteroatoms. The summed E-state index contributed by atoms with van der Waals surface area (Å²) in [6, 6.07) is 9.93. The van der Waals surface area contributed by atoms with Crippen LogP contribution in [0, 0.1) is 11.8 Å². The zero-order chi connectivity index (χ0) is 20.1. The van der Waals surface area contributed by atoms with Crippen LogP contribution in [0.1, 0.15) is 42.8 Å². The van der Waals surface area contributed by atoms with Gasteiger partial charge in [0.25, 0.3) is 0 Å². The van der Waals surface area contributed by atoms with Gasteiger partial charge in [0.2, 0.25) is 17.6 Å². The number of carbonyl (C=O) groups excluding carboxylic acids is 1. The van der Waals surface area contributed by atoms with Gasteiger partial charge in [0, 0.05) is 36.7 Å². The second-order valence-corrected chi connectivity index (χ2v) is 9.07. The lowest BCUT2D eigenvalue weighted by molar-refractivity contribution is -0.135. The summed E-state index contributed by atoms with van der Waals surface area (Å²) in [6.07, 6.45) is 7.76. The lowest BCUT2D eigenvalue weighted by Crippen LogP contribution is -2.39. The molecule has 2 aliphatic carbocycles. The predicted molar refractivity (Wildman–Crippen MR) is 109 cm³/mol. The Bertz CT molecular complexity index is 1070. The van der Waals surface area contributed by atoms with Crippen molar-refractivity contribution in [3.05, 3.63) is 53.7 Å². The number of fused-ring (bicyclic) bond motifs is 2. The molecule has 3 aromatic rings. The Morgan fingerprint density at radius 1 is 1.23 bits per heavy atom. The topological polar surface area (TPSA) is 87.9 Å². The van der Waals surface area contributed by atoms with Gasteiger partial charge in [0.15, 0.2) is 0 Å². The van der Waals surface area contributed by atoms with E-state index in [2.05, 4.69) is 20.3 Å². The smallest absolute Gasteiger partial charge is 0.235 e. The minimum absolute atomic E-state index is 0.0383. The van der Waals surface area contributed by atoms with E-state index < -0.39 is 0 Å². The number of aryl methyl sites for hydroxylation is 1. The second kappa shape index (κ2) is 6.79. The maximum Gasteiger partial charge on any atom is 0.235 e. The SMILES string of the molecule is O=C(C1CCc2cn[nH]c2C1)N1C[C@H]2CCC[C@@]2(c2nc(-c3ccccc3)no2)C1. The average Bonchev–Trinajstić information content (AvgIpc) is 3.55. The zero-order valence-corrected chi connectivity index (χ0v) is 16.9. The highest BCUT2D eigenvalue weighted by Crippen LogP contribution is 2.50. The van der Waals surface area contributed by atoms with Crippen molar-refractivity contribution in [3.63, 3.8) is 0 Å². The van der Waals surface area contributed by atoms with Crippen LogP contribution in [0.4, 0.5) is 0 Å². The molecule has 7 nitrogen and oxygen atoms in total. The lowest BCUT2D eigenvalue weighted by atomic mass is 9.80. The summed E-state index contributed by atoms with van der Waals surface area (Å²) < 4.78 is 5.80.